The van der Waals surface area contributed by atoms with Crippen molar-refractivity contribution in [2.75, 3.05) is 40.4 Å². The molecule has 0 rings (SSSR count). The SMILES string of the molecule is CNCCNCCOC. The van der Waals surface area contributed by atoms with Gasteiger partial charge < -0.3 is 15.4 Å². The van der Waals surface area contributed by atoms with Crippen LogP contribution in [-0.2, 0) is 4.74 Å². The number of methoxy groups -OCH3 is 1. The highest BCUT2D eigenvalue weighted by molar-refractivity contribution is 4.46. The van der Waals surface area contributed by atoms with E-state index in [9.17, 15) is 0 Å². The fourth-order valence-corrected chi connectivity index (χ4v) is 0.513. The quantitative estimate of drug-likeness (QED) is 0.475. The summed E-state index contributed by atoms with van der Waals surface area (Å²) in [6, 6.07) is 0. The third kappa shape index (κ3) is 7.88. The summed E-state index contributed by atoms with van der Waals surface area (Å²) < 4.78 is 4.84. The van der Waals surface area contributed by atoms with Crippen molar-refractivity contribution < 1.29 is 4.74 Å². The molecule has 0 amide bonds. The van der Waals surface area contributed by atoms with Gasteiger partial charge in [-0.05, 0) is 7.05 Å². The van der Waals surface area contributed by atoms with Crippen LogP contribution in [0.4, 0.5) is 0 Å². The molecule has 0 aliphatic carbocycles. The van der Waals surface area contributed by atoms with Gasteiger partial charge in [0.05, 0.1) is 6.61 Å². The minimum Gasteiger partial charge on any atom is -0.383 e. The first-order chi connectivity index (χ1) is 4.41. The Bertz CT molecular complexity index is 44.3. The van der Waals surface area contributed by atoms with Crippen molar-refractivity contribution in [3.63, 3.8) is 0 Å². The average Bonchev–Trinajstić information content (AvgIpc) is 1.89. The van der Waals surface area contributed by atoms with Crippen molar-refractivity contribution >= 4 is 0 Å². The minimum atomic E-state index is 0.795. The summed E-state index contributed by atoms with van der Waals surface area (Å²) in [5, 5.41) is 6.24. The number of hydrogen-bond acceptors (Lipinski definition) is 3. The zero-order chi connectivity index (χ0) is 6.95. The van der Waals surface area contributed by atoms with Gasteiger partial charge in [0.1, 0.15) is 0 Å². The lowest BCUT2D eigenvalue weighted by molar-refractivity contribution is 0.199. The predicted molar refractivity (Wildman–Crippen MR) is 38.7 cm³/mol. The van der Waals surface area contributed by atoms with E-state index in [0.717, 1.165) is 26.2 Å². The molecule has 0 atom stereocenters. The van der Waals surface area contributed by atoms with E-state index >= 15 is 0 Å². The van der Waals surface area contributed by atoms with Crippen molar-refractivity contribution in [3.05, 3.63) is 0 Å². The smallest absolute Gasteiger partial charge is 0.0587 e. The lowest BCUT2D eigenvalue weighted by Gasteiger charge is -2.01. The number of nitrogens with one attached hydrogen (secondary N) is 2. The maximum atomic E-state index is 4.84. The van der Waals surface area contributed by atoms with E-state index in [1.54, 1.807) is 7.11 Å². The topological polar surface area (TPSA) is 33.3 Å². The molecule has 0 saturated carbocycles. The third-order valence-corrected chi connectivity index (χ3v) is 1.03. The predicted octanol–water partition coefficient (Wildman–Crippen LogP) is -0.558. The number of likely N-dealkylation sites (N-methyl/N-ethyl adjacent to an activating group) is 1. The lowest BCUT2D eigenvalue weighted by Crippen LogP contribution is -2.27. The van der Waals surface area contributed by atoms with Crippen LogP contribution in [0.3, 0.4) is 0 Å². The van der Waals surface area contributed by atoms with Crippen LogP contribution >= 0.6 is 0 Å². The van der Waals surface area contributed by atoms with E-state index in [2.05, 4.69) is 10.6 Å². The molecule has 0 radical (unpaired) electrons. The van der Waals surface area contributed by atoms with Crippen LogP contribution in [-0.4, -0.2) is 40.4 Å². The zero-order valence-corrected chi connectivity index (χ0v) is 6.24. The monoisotopic (exact) mass is 132 g/mol. The number of rotatable bonds is 6. The molecule has 0 aromatic heterocycles. The second-order valence-electron chi connectivity index (χ2n) is 1.85. The summed E-state index contributed by atoms with van der Waals surface area (Å²) in [5.74, 6) is 0. The Hall–Kier alpha value is -0.120. The molecule has 3 nitrogen and oxygen atoms in total. The largest absolute Gasteiger partial charge is 0.383 e. The Balaban J connectivity index is 2.60. The minimum absolute atomic E-state index is 0.795. The van der Waals surface area contributed by atoms with Gasteiger partial charge in [-0.1, -0.05) is 0 Å². The van der Waals surface area contributed by atoms with E-state index < -0.39 is 0 Å². The van der Waals surface area contributed by atoms with Gasteiger partial charge in [-0.2, -0.15) is 0 Å². The van der Waals surface area contributed by atoms with Crippen LogP contribution in [0.2, 0.25) is 0 Å². The van der Waals surface area contributed by atoms with Crippen molar-refractivity contribution in [1.29, 1.82) is 0 Å². The molecule has 56 valence electrons. The van der Waals surface area contributed by atoms with E-state index in [-0.39, 0.29) is 0 Å². The molecule has 0 aliphatic rings. The van der Waals surface area contributed by atoms with Crippen molar-refractivity contribution in [3.8, 4) is 0 Å². The maximum Gasteiger partial charge on any atom is 0.0587 e. The normalized spacial score (nSPS) is 10.0. The van der Waals surface area contributed by atoms with Crippen molar-refractivity contribution in [2.24, 2.45) is 0 Å². The maximum absolute atomic E-state index is 4.84. The second-order valence-corrected chi connectivity index (χ2v) is 1.85. The molecule has 2 N–H and O–H groups in total. The van der Waals surface area contributed by atoms with Gasteiger partial charge in [0.2, 0.25) is 0 Å². The summed E-state index contributed by atoms with van der Waals surface area (Å²) in [6.07, 6.45) is 0. The molecule has 0 aromatic carbocycles. The van der Waals surface area contributed by atoms with Crippen molar-refractivity contribution in [1.82, 2.24) is 10.6 Å². The van der Waals surface area contributed by atoms with Gasteiger partial charge >= 0.3 is 0 Å². The highest BCUT2D eigenvalue weighted by atomic mass is 16.5. The van der Waals surface area contributed by atoms with Gasteiger partial charge in [-0.15, -0.1) is 0 Å². The van der Waals surface area contributed by atoms with Crippen LogP contribution in [0.15, 0.2) is 0 Å². The third-order valence-electron chi connectivity index (χ3n) is 1.03. The van der Waals surface area contributed by atoms with Gasteiger partial charge in [0, 0.05) is 26.7 Å². The number of hydrogen-bond donors (Lipinski definition) is 2. The fraction of sp³-hybridized carbons (Fsp3) is 1.00. The first-order valence-corrected chi connectivity index (χ1v) is 3.26. The molecule has 0 saturated heterocycles. The van der Waals surface area contributed by atoms with Crippen LogP contribution in [0.25, 0.3) is 0 Å². The molecule has 0 bridgehead atoms. The first kappa shape index (κ1) is 8.88. The molecule has 0 fully saturated rings. The van der Waals surface area contributed by atoms with Gasteiger partial charge in [0.25, 0.3) is 0 Å². The zero-order valence-electron chi connectivity index (χ0n) is 6.24. The second kappa shape index (κ2) is 7.88. The molecule has 0 aliphatic heterocycles. The summed E-state index contributed by atoms with van der Waals surface area (Å²) in [4.78, 5) is 0. The van der Waals surface area contributed by atoms with Crippen LogP contribution in [0.1, 0.15) is 0 Å². The van der Waals surface area contributed by atoms with Crippen LogP contribution < -0.4 is 10.6 Å². The molecule has 0 heterocycles. The molecule has 0 unspecified atom stereocenters. The van der Waals surface area contributed by atoms with Gasteiger partial charge in [-0.3, -0.25) is 0 Å². The van der Waals surface area contributed by atoms with Crippen LogP contribution in [0.5, 0.6) is 0 Å². The Labute approximate surface area is 56.8 Å². The summed E-state index contributed by atoms with van der Waals surface area (Å²) in [5.41, 5.74) is 0. The first-order valence-electron chi connectivity index (χ1n) is 3.26. The summed E-state index contributed by atoms with van der Waals surface area (Å²) in [7, 11) is 3.65. The van der Waals surface area contributed by atoms with Gasteiger partial charge in [-0.25, -0.2) is 0 Å². The van der Waals surface area contributed by atoms with E-state index in [1.165, 1.54) is 0 Å². The van der Waals surface area contributed by atoms with E-state index in [1.807, 2.05) is 7.05 Å². The Morgan fingerprint density at radius 1 is 1.22 bits per heavy atom. The van der Waals surface area contributed by atoms with Crippen LogP contribution in [0, 0.1) is 0 Å². The number of ether oxygens (including phenoxy) is 1. The lowest BCUT2D eigenvalue weighted by atomic mass is 10.6. The highest BCUT2D eigenvalue weighted by Crippen LogP contribution is 1.62. The molecule has 3 heteroatoms. The average molecular weight is 132 g/mol. The Kier molecular flexibility index (Phi) is 7.77. The fourth-order valence-electron chi connectivity index (χ4n) is 0.513. The standard InChI is InChI=1S/C6H16N2O/c1-7-3-4-8-5-6-9-2/h7-8H,3-6H2,1-2H3. The van der Waals surface area contributed by atoms with Crippen molar-refractivity contribution in [2.45, 2.75) is 0 Å². The molecular formula is C6H16N2O. The summed E-state index contributed by atoms with van der Waals surface area (Å²) >= 11 is 0. The molecule has 0 aromatic rings. The molecule has 0 spiro atoms. The summed E-state index contributed by atoms with van der Waals surface area (Å²) in [6.45, 7) is 3.77. The van der Waals surface area contributed by atoms with E-state index in [4.69, 9.17) is 4.74 Å². The Morgan fingerprint density at radius 3 is 2.56 bits per heavy atom. The Morgan fingerprint density at radius 2 is 2.00 bits per heavy atom. The van der Waals surface area contributed by atoms with E-state index in [0.29, 0.717) is 0 Å². The van der Waals surface area contributed by atoms with Gasteiger partial charge in [0.15, 0.2) is 0 Å². The molecular weight excluding hydrogens is 116 g/mol. The molecule has 9 heavy (non-hydrogen) atoms. The highest BCUT2D eigenvalue weighted by Gasteiger charge is 1.82.